The van der Waals surface area contributed by atoms with Crippen molar-refractivity contribution in [3.63, 3.8) is 0 Å². The Hall–Kier alpha value is -1.06. The standard InChI is InChI=1S/C23H36O4/c1-14(24)26-20-18-8-5-6-12-23(18,4)17-10-13-22(3)11-7-9-16(22)19(17)21(20)27-15(2)25/h16-21H,5-13H2,1-4H3. The first kappa shape index (κ1) is 19.3. The number of hydrogen-bond acceptors (Lipinski definition) is 4. The Morgan fingerprint density at radius 1 is 0.741 bits per heavy atom. The maximum atomic E-state index is 12.1. The quantitative estimate of drug-likeness (QED) is 0.644. The maximum Gasteiger partial charge on any atom is 0.303 e. The molecule has 4 aliphatic carbocycles. The number of carbonyl (C=O) groups excluding carboxylic acids is 2. The van der Waals surface area contributed by atoms with Crippen LogP contribution in [-0.2, 0) is 19.1 Å². The summed E-state index contributed by atoms with van der Waals surface area (Å²) >= 11 is 0. The van der Waals surface area contributed by atoms with E-state index >= 15 is 0 Å². The fraction of sp³-hybridized carbons (Fsp3) is 0.913. The highest BCUT2D eigenvalue weighted by Crippen LogP contribution is 2.67. The van der Waals surface area contributed by atoms with Gasteiger partial charge in [0.05, 0.1) is 0 Å². The normalized spacial score (nSPS) is 48.7. The molecular formula is C23H36O4. The van der Waals surface area contributed by atoms with Gasteiger partial charge in [-0.25, -0.2) is 0 Å². The van der Waals surface area contributed by atoms with E-state index in [4.69, 9.17) is 9.47 Å². The van der Waals surface area contributed by atoms with Gasteiger partial charge in [-0.3, -0.25) is 9.59 Å². The Morgan fingerprint density at radius 2 is 1.41 bits per heavy atom. The molecule has 0 saturated heterocycles. The minimum absolute atomic E-state index is 0.198. The van der Waals surface area contributed by atoms with Crippen molar-refractivity contribution in [2.24, 2.45) is 34.5 Å². The van der Waals surface area contributed by atoms with Crippen molar-refractivity contribution >= 4 is 11.9 Å². The summed E-state index contributed by atoms with van der Waals surface area (Å²) in [6, 6.07) is 0. The lowest BCUT2D eigenvalue weighted by molar-refractivity contribution is -0.233. The second-order valence-corrected chi connectivity index (χ2v) is 10.4. The minimum Gasteiger partial charge on any atom is -0.458 e. The van der Waals surface area contributed by atoms with Crippen molar-refractivity contribution in [1.82, 2.24) is 0 Å². The number of carbonyl (C=O) groups is 2. The van der Waals surface area contributed by atoms with Gasteiger partial charge in [0, 0.05) is 25.7 Å². The first-order chi connectivity index (χ1) is 12.8. The van der Waals surface area contributed by atoms with Crippen molar-refractivity contribution in [1.29, 1.82) is 0 Å². The van der Waals surface area contributed by atoms with Crippen LogP contribution in [0.2, 0.25) is 0 Å². The molecule has 4 heteroatoms. The molecule has 4 rings (SSSR count). The molecule has 0 amide bonds. The summed E-state index contributed by atoms with van der Waals surface area (Å²) in [5.41, 5.74) is 0.557. The molecule has 0 aromatic carbocycles. The lowest BCUT2D eigenvalue weighted by atomic mass is 9.44. The average molecular weight is 377 g/mol. The van der Waals surface area contributed by atoms with Gasteiger partial charge in [-0.05, 0) is 61.2 Å². The Labute approximate surface area is 163 Å². The summed E-state index contributed by atoms with van der Waals surface area (Å²) in [5.74, 6) is 1.33. The second-order valence-electron chi connectivity index (χ2n) is 10.4. The fourth-order valence-corrected chi connectivity index (χ4v) is 7.92. The molecule has 152 valence electrons. The van der Waals surface area contributed by atoms with E-state index in [1.54, 1.807) is 0 Å². The van der Waals surface area contributed by atoms with Crippen LogP contribution in [0.1, 0.15) is 85.5 Å². The van der Waals surface area contributed by atoms with Gasteiger partial charge in [0.2, 0.25) is 0 Å². The first-order valence-corrected chi connectivity index (χ1v) is 11.1. The molecular weight excluding hydrogens is 340 g/mol. The molecule has 27 heavy (non-hydrogen) atoms. The Bertz CT molecular complexity index is 615. The highest BCUT2D eigenvalue weighted by atomic mass is 16.6. The number of hydrogen-bond donors (Lipinski definition) is 0. The first-order valence-electron chi connectivity index (χ1n) is 11.1. The number of ether oxygens (including phenoxy) is 2. The summed E-state index contributed by atoms with van der Waals surface area (Å²) in [6.45, 7) is 7.90. The van der Waals surface area contributed by atoms with Crippen molar-refractivity contribution in [3.05, 3.63) is 0 Å². The van der Waals surface area contributed by atoms with E-state index in [2.05, 4.69) is 13.8 Å². The van der Waals surface area contributed by atoms with Gasteiger partial charge in [-0.1, -0.05) is 33.1 Å². The zero-order valence-corrected chi connectivity index (χ0v) is 17.5. The Kier molecular flexibility index (Phi) is 4.83. The predicted octanol–water partition coefficient (Wildman–Crippen LogP) is 4.89. The molecule has 4 saturated carbocycles. The molecule has 4 nitrogen and oxygen atoms in total. The number of esters is 2. The fourth-order valence-electron chi connectivity index (χ4n) is 7.92. The topological polar surface area (TPSA) is 52.6 Å². The molecule has 0 spiro atoms. The second kappa shape index (κ2) is 6.77. The lowest BCUT2D eigenvalue weighted by Gasteiger charge is -2.63. The third kappa shape index (κ3) is 3.02. The van der Waals surface area contributed by atoms with Gasteiger partial charge < -0.3 is 9.47 Å². The highest BCUT2D eigenvalue weighted by Gasteiger charge is 2.65. The van der Waals surface area contributed by atoms with Crippen LogP contribution in [0.15, 0.2) is 0 Å². The SMILES string of the molecule is CC(=O)OC1C(OC(C)=O)C2CCCCC2(C)C2CCC3(C)CCCC3C12. The van der Waals surface area contributed by atoms with Crippen LogP contribution in [-0.4, -0.2) is 24.1 Å². The molecule has 0 N–H and O–H groups in total. The predicted molar refractivity (Wildman–Crippen MR) is 103 cm³/mol. The highest BCUT2D eigenvalue weighted by molar-refractivity contribution is 5.67. The third-order valence-corrected chi connectivity index (χ3v) is 8.99. The van der Waals surface area contributed by atoms with Crippen molar-refractivity contribution < 1.29 is 19.1 Å². The van der Waals surface area contributed by atoms with Crippen molar-refractivity contribution in [2.75, 3.05) is 0 Å². The Morgan fingerprint density at radius 3 is 2.11 bits per heavy atom. The van der Waals surface area contributed by atoms with Gasteiger partial charge in [0.15, 0.2) is 0 Å². The van der Waals surface area contributed by atoms with E-state index in [9.17, 15) is 9.59 Å². The van der Waals surface area contributed by atoms with Gasteiger partial charge in [0.1, 0.15) is 12.2 Å². The number of rotatable bonds is 2. The molecule has 0 aliphatic heterocycles. The van der Waals surface area contributed by atoms with Gasteiger partial charge in [-0.15, -0.1) is 0 Å². The molecule has 0 heterocycles. The maximum absolute atomic E-state index is 12.1. The van der Waals surface area contributed by atoms with Crippen LogP contribution in [0.3, 0.4) is 0 Å². The van der Waals surface area contributed by atoms with E-state index in [-0.39, 0.29) is 29.6 Å². The van der Waals surface area contributed by atoms with Crippen LogP contribution >= 0.6 is 0 Å². The van der Waals surface area contributed by atoms with Crippen LogP contribution in [0, 0.1) is 34.5 Å². The summed E-state index contributed by atoms with van der Waals surface area (Å²) in [4.78, 5) is 24.1. The molecule has 0 aromatic rings. The molecule has 0 bridgehead atoms. The third-order valence-electron chi connectivity index (χ3n) is 8.99. The summed E-state index contributed by atoms with van der Waals surface area (Å²) in [6.07, 6.45) is 10.5. The minimum atomic E-state index is -0.277. The smallest absolute Gasteiger partial charge is 0.303 e. The molecule has 0 radical (unpaired) electrons. The molecule has 4 fully saturated rings. The van der Waals surface area contributed by atoms with Gasteiger partial charge in [-0.2, -0.15) is 0 Å². The summed E-state index contributed by atoms with van der Waals surface area (Å²) < 4.78 is 12.0. The molecule has 0 aromatic heterocycles. The zero-order chi connectivity index (χ0) is 19.4. The summed E-state index contributed by atoms with van der Waals surface area (Å²) in [7, 11) is 0. The Balaban J connectivity index is 1.79. The van der Waals surface area contributed by atoms with Crippen LogP contribution in [0.4, 0.5) is 0 Å². The monoisotopic (exact) mass is 376 g/mol. The lowest BCUT2D eigenvalue weighted by Crippen LogP contribution is -2.64. The van der Waals surface area contributed by atoms with Gasteiger partial charge >= 0.3 is 11.9 Å². The van der Waals surface area contributed by atoms with Crippen LogP contribution in [0.5, 0.6) is 0 Å². The summed E-state index contributed by atoms with van der Waals surface area (Å²) in [5, 5.41) is 0. The van der Waals surface area contributed by atoms with Crippen LogP contribution < -0.4 is 0 Å². The molecule has 4 aliphatic rings. The average Bonchev–Trinajstić information content (AvgIpc) is 2.98. The largest absolute Gasteiger partial charge is 0.458 e. The van der Waals surface area contributed by atoms with Crippen molar-refractivity contribution in [2.45, 2.75) is 97.7 Å². The van der Waals surface area contributed by atoms with E-state index in [1.165, 1.54) is 65.2 Å². The van der Waals surface area contributed by atoms with E-state index < -0.39 is 0 Å². The van der Waals surface area contributed by atoms with E-state index in [1.807, 2.05) is 0 Å². The van der Waals surface area contributed by atoms with Gasteiger partial charge in [0.25, 0.3) is 0 Å². The number of fused-ring (bicyclic) bond motifs is 5. The van der Waals surface area contributed by atoms with E-state index in [0.717, 1.165) is 6.42 Å². The molecule has 8 unspecified atom stereocenters. The van der Waals surface area contributed by atoms with Crippen LogP contribution in [0.25, 0.3) is 0 Å². The zero-order valence-electron chi connectivity index (χ0n) is 17.5. The van der Waals surface area contributed by atoms with E-state index in [0.29, 0.717) is 29.1 Å². The molecule has 8 atom stereocenters. The van der Waals surface area contributed by atoms with Crippen molar-refractivity contribution in [3.8, 4) is 0 Å².